The van der Waals surface area contributed by atoms with Crippen LogP contribution in [0.5, 0.6) is 0 Å². The highest BCUT2D eigenvalue weighted by molar-refractivity contribution is 7.47. The molecule has 37 heavy (non-hydrogen) atoms. The maximum atomic E-state index is 12.4. The molecule has 204 valence electrons. The highest BCUT2D eigenvalue weighted by atomic mass is 31.2. The first-order valence-corrected chi connectivity index (χ1v) is 13.9. The third-order valence-corrected chi connectivity index (χ3v) is 6.31. The summed E-state index contributed by atoms with van der Waals surface area (Å²) in [4.78, 5) is 36.3. The van der Waals surface area contributed by atoms with Crippen LogP contribution in [0.15, 0.2) is 60.7 Å². The van der Waals surface area contributed by atoms with Crippen molar-refractivity contribution in [2.75, 3.05) is 40.5 Å². The highest BCUT2D eigenvalue weighted by Crippen LogP contribution is 2.43. The lowest BCUT2D eigenvalue weighted by Crippen LogP contribution is -2.29. The van der Waals surface area contributed by atoms with Gasteiger partial charge in [-0.1, -0.05) is 60.7 Å². The van der Waals surface area contributed by atoms with E-state index in [1.807, 2.05) is 60.7 Å². The molecule has 2 aromatic carbocycles. The standard InChI is InChI=1S/C27H38NO8P/c1-28(2)19-20-34-37(31,32)35-22-25(36-27(30)18-10-16-24-13-7-4-8-14-24)21-33-26(29)17-9-15-23-11-5-3-6-12-23/h3-8,11-14,25H,9-10,15-22H2,1-2H3,(H,31,32). The Bertz CT molecular complexity index is 971. The zero-order valence-corrected chi connectivity index (χ0v) is 22.5. The van der Waals surface area contributed by atoms with E-state index in [0.717, 1.165) is 17.5 Å². The molecule has 0 amide bonds. The lowest BCUT2D eigenvalue weighted by molar-refractivity contribution is -0.161. The van der Waals surface area contributed by atoms with Gasteiger partial charge in [-0.15, -0.1) is 0 Å². The van der Waals surface area contributed by atoms with Crippen molar-refractivity contribution in [1.82, 2.24) is 4.90 Å². The summed E-state index contributed by atoms with van der Waals surface area (Å²) in [5.41, 5.74) is 2.23. The van der Waals surface area contributed by atoms with Gasteiger partial charge in [0.1, 0.15) is 6.61 Å². The summed E-state index contributed by atoms with van der Waals surface area (Å²) in [5.74, 6) is -0.957. The Balaban J connectivity index is 1.81. The van der Waals surface area contributed by atoms with Gasteiger partial charge in [-0.2, -0.15) is 0 Å². The third kappa shape index (κ3) is 14.7. The van der Waals surface area contributed by atoms with Crippen molar-refractivity contribution in [3.05, 3.63) is 71.8 Å². The van der Waals surface area contributed by atoms with Gasteiger partial charge in [-0.25, -0.2) is 4.57 Å². The van der Waals surface area contributed by atoms with E-state index in [-0.39, 0.29) is 26.1 Å². The third-order valence-electron chi connectivity index (χ3n) is 5.32. The van der Waals surface area contributed by atoms with Crippen LogP contribution in [0.1, 0.15) is 36.8 Å². The van der Waals surface area contributed by atoms with Crippen LogP contribution in [0.2, 0.25) is 0 Å². The van der Waals surface area contributed by atoms with E-state index in [0.29, 0.717) is 25.8 Å². The minimum atomic E-state index is -4.36. The van der Waals surface area contributed by atoms with Gasteiger partial charge in [-0.05, 0) is 50.9 Å². The fourth-order valence-corrected chi connectivity index (χ4v) is 4.08. The van der Waals surface area contributed by atoms with Gasteiger partial charge in [0, 0.05) is 19.4 Å². The first kappa shape index (κ1) is 30.7. The summed E-state index contributed by atoms with van der Waals surface area (Å²) >= 11 is 0. The molecule has 0 aliphatic carbocycles. The molecule has 0 bridgehead atoms. The molecular weight excluding hydrogens is 497 g/mol. The van der Waals surface area contributed by atoms with E-state index in [1.54, 1.807) is 19.0 Å². The predicted octanol–water partition coefficient (Wildman–Crippen LogP) is 4.18. The molecule has 10 heteroatoms. The normalized spacial score (nSPS) is 13.6. The van der Waals surface area contributed by atoms with Crippen LogP contribution in [0.4, 0.5) is 0 Å². The lowest BCUT2D eigenvalue weighted by Gasteiger charge is -2.20. The molecule has 0 radical (unpaired) electrons. The van der Waals surface area contributed by atoms with Gasteiger partial charge in [-0.3, -0.25) is 18.6 Å². The number of carbonyl (C=O) groups excluding carboxylic acids is 2. The molecule has 2 aromatic rings. The van der Waals surface area contributed by atoms with Crippen molar-refractivity contribution in [2.24, 2.45) is 0 Å². The Kier molecular flexibility index (Phi) is 14.1. The fourth-order valence-electron chi connectivity index (χ4n) is 3.34. The van der Waals surface area contributed by atoms with Crippen molar-refractivity contribution >= 4 is 19.8 Å². The molecule has 0 saturated heterocycles. The lowest BCUT2D eigenvalue weighted by atomic mass is 10.1. The van der Waals surface area contributed by atoms with E-state index in [2.05, 4.69) is 0 Å². The number of phosphoric ester groups is 1. The minimum Gasteiger partial charge on any atom is -0.462 e. The molecule has 0 saturated carbocycles. The average molecular weight is 536 g/mol. The fraction of sp³-hybridized carbons (Fsp3) is 0.481. The topological polar surface area (TPSA) is 112 Å². The average Bonchev–Trinajstić information content (AvgIpc) is 2.86. The van der Waals surface area contributed by atoms with E-state index in [9.17, 15) is 19.0 Å². The maximum absolute atomic E-state index is 12.4. The number of carbonyl (C=O) groups is 2. The molecule has 0 heterocycles. The number of hydrogen-bond donors (Lipinski definition) is 1. The Hall–Kier alpha value is -2.55. The minimum absolute atomic E-state index is 0.0128. The molecule has 0 aliphatic rings. The second-order valence-corrected chi connectivity index (χ2v) is 10.3. The summed E-state index contributed by atoms with van der Waals surface area (Å²) in [6, 6.07) is 19.5. The molecule has 0 aliphatic heterocycles. The van der Waals surface area contributed by atoms with E-state index in [4.69, 9.17) is 18.5 Å². The van der Waals surface area contributed by atoms with Crippen LogP contribution in [0.25, 0.3) is 0 Å². The molecule has 2 rings (SSSR count). The number of aryl methyl sites for hydroxylation is 2. The van der Waals surface area contributed by atoms with Gasteiger partial charge in [0.25, 0.3) is 0 Å². The van der Waals surface area contributed by atoms with Crippen LogP contribution in [-0.4, -0.2) is 68.3 Å². The summed E-state index contributed by atoms with van der Waals surface area (Å²) < 4.78 is 32.8. The zero-order chi connectivity index (χ0) is 26.9. The summed E-state index contributed by atoms with van der Waals surface area (Å²) in [6.45, 7) is -0.320. The molecule has 1 N–H and O–H groups in total. The van der Waals surface area contributed by atoms with Crippen LogP contribution >= 0.6 is 7.82 Å². The first-order valence-electron chi connectivity index (χ1n) is 12.4. The molecular formula is C27H38NO8P. The van der Waals surface area contributed by atoms with Gasteiger partial charge >= 0.3 is 19.8 Å². The van der Waals surface area contributed by atoms with Gasteiger partial charge in [0.2, 0.25) is 0 Å². The van der Waals surface area contributed by atoms with Crippen molar-refractivity contribution in [2.45, 2.75) is 44.6 Å². The largest absolute Gasteiger partial charge is 0.472 e. The van der Waals surface area contributed by atoms with Crippen LogP contribution in [0, 0.1) is 0 Å². The first-order chi connectivity index (χ1) is 17.7. The molecule has 0 spiro atoms. The van der Waals surface area contributed by atoms with Crippen LogP contribution < -0.4 is 0 Å². The monoisotopic (exact) mass is 535 g/mol. The van der Waals surface area contributed by atoms with Crippen molar-refractivity contribution in [1.29, 1.82) is 0 Å². The zero-order valence-electron chi connectivity index (χ0n) is 21.6. The predicted molar refractivity (Wildman–Crippen MR) is 140 cm³/mol. The Morgan fingerprint density at radius 1 is 0.838 bits per heavy atom. The number of phosphoric acid groups is 1. The van der Waals surface area contributed by atoms with Crippen molar-refractivity contribution in [3.63, 3.8) is 0 Å². The number of likely N-dealkylation sites (N-methyl/N-ethyl adjacent to an activating group) is 1. The summed E-state index contributed by atoms with van der Waals surface area (Å²) in [5, 5.41) is 0. The SMILES string of the molecule is CN(C)CCOP(=O)(O)OCC(COC(=O)CCCc1ccccc1)OC(=O)CCCc1ccccc1. The number of esters is 2. The number of nitrogens with zero attached hydrogens (tertiary/aromatic N) is 1. The van der Waals surface area contributed by atoms with Crippen molar-refractivity contribution < 1.29 is 37.6 Å². The number of benzene rings is 2. The summed E-state index contributed by atoms with van der Waals surface area (Å²) in [7, 11) is -0.766. The van der Waals surface area contributed by atoms with Crippen LogP contribution in [-0.2, 0) is 45.5 Å². The highest BCUT2D eigenvalue weighted by Gasteiger charge is 2.26. The smallest absolute Gasteiger partial charge is 0.462 e. The molecule has 9 nitrogen and oxygen atoms in total. The molecule has 0 fully saturated rings. The van der Waals surface area contributed by atoms with Gasteiger partial charge < -0.3 is 19.3 Å². The summed E-state index contributed by atoms with van der Waals surface area (Å²) in [6.07, 6.45) is 1.92. The van der Waals surface area contributed by atoms with Crippen molar-refractivity contribution in [3.8, 4) is 0 Å². The van der Waals surface area contributed by atoms with Crippen LogP contribution in [0.3, 0.4) is 0 Å². The second kappa shape index (κ2) is 17.1. The van der Waals surface area contributed by atoms with Gasteiger partial charge in [0.05, 0.1) is 13.2 Å². The number of rotatable bonds is 18. The quantitative estimate of drug-likeness (QED) is 0.222. The Morgan fingerprint density at radius 2 is 1.38 bits per heavy atom. The van der Waals surface area contributed by atoms with E-state index in [1.165, 1.54) is 0 Å². The maximum Gasteiger partial charge on any atom is 0.472 e. The molecule has 2 atom stereocenters. The Morgan fingerprint density at radius 3 is 1.92 bits per heavy atom. The number of hydrogen-bond acceptors (Lipinski definition) is 8. The molecule has 2 unspecified atom stereocenters. The Labute approximate surface area is 219 Å². The second-order valence-electron chi connectivity index (χ2n) is 8.87. The van der Waals surface area contributed by atoms with E-state index < -0.39 is 32.5 Å². The van der Waals surface area contributed by atoms with E-state index >= 15 is 0 Å². The van der Waals surface area contributed by atoms with Gasteiger partial charge in [0.15, 0.2) is 6.10 Å². The molecule has 0 aromatic heterocycles. The number of ether oxygens (including phenoxy) is 2.